The van der Waals surface area contributed by atoms with Crippen molar-refractivity contribution < 1.29 is 9.47 Å². The van der Waals surface area contributed by atoms with Crippen LogP contribution in [0, 0.1) is 0 Å². The molecule has 3 rings (SSSR count). The summed E-state index contributed by atoms with van der Waals surface area (Å²) in [4.78, 5) is 0. The molecule has 3 nitrogen and oxygen atoms in total. The van der Waals surface area contributed by atoms with Gasteiger partial charge in [0.15, 0.2) is 0 Å². The lowest BCUT2D eigenvalue weighted by atomic mass is 9.89. The van der Waals surface area contributed by atoms with Gasteiger partial charge < -0.3 is 15.2 Å². The minimum atomic E-state index is -0.254. The summed E-state index contributed by atoms with van der Waals surface area (Å²) in [5.74, 6) is 2.05. The van der Waals surface area contributed by atoms with Gasteiger partial charge in [-0.15, -0.1) is 0 Å². The van der Waals surface area contributed by atoms with E-state index >= 15 is 0 Å². The molecule has 1 aromatic carbocycles. The van der Waals surface area contributed by atoms with E-state index in [-0.39, 0.29) is 17.7 Å². The van der Waals surface area contributed by atoms with Gasteiger partial charge in [0.05, 0.1) is 4.47 Å². The quantitative estimate of drug-likeness (QED) is 0.898. The first-order valence-electron chi connectivity index (χ1n) is 7.24. The van der Waals surface area contributed by atoms with Gasteiger partial charge in [0, 0.05) is 35.1 Å². The second-order valence-electron chi connectivity index (χ2n) is 6.84. The molecule has 0 bridgehead atoms. The predicted molar refractivity (Wildman–Crippen MR) is 83.7 cm³/mol. The minimum absolute atomic E-state index is 0.223. The van der Waals surface area contributed by atoms with Crippen LogP contribution in [0.1, 0.15) is 44.4 Å². The van der Waals surface area contributed by atoms with Gasteiger partial charge in [-0.05, 0) is 50.0 Å². The average molecular weight is 340 g/mol. The number of fused-ring (bicyclic) bond motifs is 2. The SMILES string of the molecule is CC1Cc2c(CC(C)(C)N)c3c(c(Br)c2O1)CC(C)O3. The highest BCUT2D eigenvalue weighted by Gasteiger charge is 2.35. The number of hydrogen-bond donors (Lipinski definition) is 1. The van der Waals surface area contributed by atoms with Crippen molar-refractivity contribution >= 4 is 15.9 Å². The van der Waals surface area contributed by atoms with Crippen molar-refractivity contribution in [2.24, 2.45) is 5.73 Å². The molecule has 0 aromatic heterocycles. The van der Waals surface area contributed by atoms with E-state index in [9.17, 15) is 0 Å². The molecule has 0 saturated heterocycles. The lowest BCUT2D eigenvalue weighted by molar-refractivity contribution is 0.250. The third-order valence-corrected chi connectivity index (χ3v) is 4.74. The van der Waals surface area contributed by atoms with Crippen LogP contribution in [0.4, 0.5) is 0 Å². The lowest BCUT2D eigenvalue weighted by Gasteiger charge is -2.23. The Hall–Kier alpha value is -0.740. The van der Waals surface area contributed by atoms with Gasteiger partial charge in [-0.1, -0.05) is 0 Å². The molecular weight excluding hydrogens is 318 g/mol. The summed E-state index contributed by atoms with van der Waals surface area (Å²) in [7, 11) is 0. The summed E-state index contributed by atoms with van der Waals surface area (Å²) in [5.41, 5.74) is 9.76. The van der Waals surface area contributed by atoms with E-state index in [0.717, 1.165) is 35.2 Å². The third-order valence-electron chi connectivity index (χ3n) is 3.90. The zero-order valence-corrected chi connectivity index (χ0v) is 14.1. The van der Waals surface area contributed by atoms with Crippen LogP contribution in [-0.4, -0.2) is 17.7 Å². The van der Waals surface area contributed by atoms with Crippen LogP contribution >= 0.6 is 15.9 Å². The Bertz CT molecular complexity index is 524. The lowest BCUT2D eigenvalue weighted by Crippen LogP contribution is -2.35. The molecule has 110 valence electrons. The fraction of sp³-hybridized carbons (Fsp3) is 0.625. The van der Waals surface area contributed by atoms with Crippen molar-refractivity contribution in [3.8, 4) is 11.5 Å². The standard InChI is InChI=1S/C16H22BrNO2/c1-8-5-10-12(7-16(3,4)18)14-11(6-9(2)19-14)13(17)15(10)20-8/h8-9H,5-7,18H2,1-4H3. The molecule has 2 aliphatic rings. The Morgan fingerprint density at radius 1 is 1.10 bits per heavy atom. The van der Waals surface area contributed by atoms with Crippen LogP contribution in [0.3, 0.4) is 0 Å². The van der Waals surface area contributed by atoms with Crippen molar-refractivity contribution in [3.05, 3.63) is 21.2 Å². The topological polar surface area (TPSA) is 44.5 Å². The Kier molecular flexibility index (Phi) is 3.29. The first kappa shape index (κ1) is 14.2. The third kappa shape index (κ3) is 2.33. The highest BCUT2D eigenvalue weighted by molar-refractivity contribution is 9.10. The van der Waals surface area contributed by atoms with Gasteiger partial charge in [-0.25, -0.2) is 0 Å². The van der Waals surface area contributed by atoms with Crippen LogP contribution in [0.5, 0.6) is 11.5 Å². The zero-order chi connectivity index (χ0) is 14.7. The smallest absolute Gasteiger partial charge is 0.138 e. The van der Waals surface area contributed by atoms with E-state index in [4.69, 9.17) is 15.2 Å². The molecule has 1 aromatic rings. The molecule has 2 unspecified atom stereocenters. The summed E-state index contributed by atoms with van der Waals surface area (Å²) in [6.07, 6.45) is 3.12. The van der Waals surface area contributed by atoms with Gasteiger partial charge in [0.1, 0.15) is 23.7 Å². The van der Waals surface area contributed by atoms with Crippen LogP contribution < -0.4 is 15.2 Å². The molecule has 2 atom stereocenters. The molecule has 4 heteroatoms. The number of benzene rings is 1. The summed E-state index contributed by atoms with van der Waals surface area (Å²) in [5, 5.41) is 0. The van der Waals surface area contributed by atoms with Crippen LogP contribution in [0.15, 0.2) is 4.47 Å². The van der Waals surface area contributed by atoms with Crippen LogP contribution in [0.25, 0.3) is 0 Å². The molecular formula is C16H22BrNO2. The number of ether oxygens (including phenoxy) is 2. The van der Waals surface area contributed by atoms with Gasteiger partial charge in [-0.3, -0.25) is 0 Å². The zero-order valence-electron chi connectivity index (χ0n) is 12.5. The van der Waals surface area contributed by atoms with Crippen molar-refractivity contribution in [2.45, 2.75) is 64.7 Å². The van der Waals surface area contributed by atoms with Gasteiger partial charge in [0.25, 0.3) is 0 Å². The average Bonchev–Trinajstić information content (AvgIpc) is 2.86. The predicted octanol–water partition coefficient (Wildman–Crippen LogP) is 3.38. The highest BCUT2D eigenvalue weighted by Crippen LogP contribution is 2.49. The second kappa shape index (κ2) is 4.63. The summed E-state index contributed by atoms with van der Waals surface area (Å²) < 4.78 is 13.2. The fourth-order valence-electron chi connectivity index (χ4n) is 3.19. The maximum absolute atomic E-state index is 6.25. The summed E-state index contributed by atoms with van der Waals surface area (Å²) in [6, 6.07) is 0. The molecule has 2 heterocycles. The van der Waals surface area contributed by atoms with E-state index in [1.807, 2.05) is 0 Å². The molecule has 0 radical (unpaired) electrons. The van der Waals surface area contributed by atoms with Crippen molar-refractivity contribution in [3.63, 3.8) is 0 Å². The van der Waals surface area contributed by atoms with Crippen LogP contribution in [0.2, 0.25) is 0 Å². The van der Waals surface area contributed by atoms with E-state index in [1.54, 1.807) is 0 Å². The molecule has 0 aliphatic carbocycles. The molecule has 0 saturated carbocycles. The Morgan fingerprint density at radius 2 is 1.65 bits per heavy atom. The molecule has 0 spiro atoms. The van der Waals surface area contributed by atoms with Gasteiger partial charge >= 0.3 is 0 Å². The maximum Gasteiger partial charge on any atom is 0.138 e. The van der Waals surface area contributed by atoms with Gasteiger partial charge in [0.2, 0.25) is 0 Å². The Labute approximate surface area is 129 Å². The number of nitrogens with two attached hydrogens (primary N) is 1. The maximum atomic E-state index is 6.25. The van der Waals surface area contributed by atoms with Crippen molar-refractivity contribution in [1.29, 1.82) is 0 Å². The molecule has 20 heavy (non-hydrogen) atoms. The Balaban J connectivity index is 2.18. The van der Waals surface area contributed by atoms with E-state index in [2.05, 4.69) is 43.6 Å². The monoisotopic (exact) mass is 339 g/mol. The summed E-state index contributed by atoms with van der Waals surface area (Å²) in [6.45, 7) is 8.34. The molecule has 2 aliphatic heterocycles. The molecule has 0 fully saturated rings. The van der Waals surface area contributed by atoms with E-state index in [0.29, 0.717) is 0 Å². The van der Waals surface area contributed by atoms with Crippen molar-refractivity contribution in [2.75, 3.05) is 0 Å². The van der Waals surface area contributed by atoms with Crippen molar-refractivity contribution in [1.82, 2.24) is 0 Å². The second-order valence-corrected chi connectivity index (χ2v) is 7.63. The number of rotatable bonds is 2. The van der Waals surface area contributed by atoms with E-state index in [1.165, 1.54) is 16.7 Å². The minimum Gasteiger partial charge on any atom is -0.490 e. The fourth-order valence-corrected chi connectivity index (χ4v) is 3.87. The molecule has 2 N–H and O–H groups in total. The molecule has 0 amide bonds. The van der Waals surface area contributed by atoms with E-state index < -0.39 is 0 Å². The summed E-state index contributed by atoms with van der Waals surface area (Å²) >= 11 is 3.72. The normalized spacial score (nSPS) is 24.1. The first-order valence-corrected chi connectivity index (χ1v) is 8.04. The Morgan fingerprint density at radius 3 is 2.25 bits per heavy atom. The number of halogens is 1. The van der Waals surface area contributed by atoms with Crippen LogP contribution in [-0.2, 0) is 19.3 Å². The highest BCUT2D eigenvalue weighted by atomic mass is 79.9. The largest absolute Gasteiger partial charge is 0.490 e. The first-order chi connectivity index (χ1) is 9.26. The number of hydrogen-bond acceptors (Lipinski definition) is 3. The van der Waals surface area contributed by atoms with Gasteiger partial charge in [-0.2, -0.15) is 0 Å².